The number of nitrogens with zero attached hydrogens (tertiary/aromatic N) is 2. The normalized spacial score (nSPS) is 26.1. The Morgan fingerprint density at radius 3 is 2.68 bits per heavy atom. The van der Waals surface area contributed by atoms with Crippen LogP contribution in [0.3, 0.4) is 0 Å². The Labute approximate surface area is 213 Å². The fourth-order valence-electron chi connectivity index (χ4n) is 6.53. The van der Waals surface area contributed by atoms with Crippen LogP contribution >= 0.6 is 0 Å². The van der Waals surface area contributed by atoms with E-state index in [-0.39, 0.29) is 29.3 Å². The molecular weight excluding hydrogens is 477 g/mol. The second kappa shape index (κ2) is 8.85. The van der Waals surface area contributed by atoms with Gasteiger partial charge in [-0.25, -0.2) is 4.39 Å². The number of carbonyl (C=O) groups is 1. The van der Waals surface area contributed by atoms with Crippen molar-refractivity contribution in [2.75, 3.05) is 19.0 Å². The average Bonchev–Trinajstić information content (AvgIpc) is 3.56. The predicted molar refractivity (Wildman–Crippen MR) is 134 cm³/mol. The van der Waals surface area contributed by atoms with Gasteiger partial charge in [0.1, 0.15) is 12.4 Å². The summed E-state index contributed by atoms with van der Waals surface area (Å²) >= 11 is 0. The zero-order valence-electron chi connectivity index (χ0n) is 20.2. The molecule has 4 atom stereocenters. The first kappa shape index (κ1) is 23.4. The summed E-state index contributed by atoms with van der Waals surface area (Å²) in [6, 6.07) is 17.4. The summed E-state index contributed by atoms with van der Waals surface area (Å²) < 4.78 is 24.8. The number of amides is 1. The summed E-state index contributed by atoms with van der Waals surface area (Å²) in [6.07, 6.45) is 1.62. The Balaban J connectivity index is 1.39. The number of rotatable bonds is 6. The topological polar surface area (TPSA) is 93.9 Å². The molecule has 0 unspecified atom stereocenters. The molecule has 0 bridgehead atoms. The molecule has 9 heteroatoms. The summed E-state index contributed by atoms with van der Waals surface area (Å²) in [6.45, 7) is 0.830. The van der Waals surface area contributed by atoms with Crippen LogP contribution in [0.1, 0.15) is 35.4 Å². The van der Waals surface area contributed by atoms with Crippen LogP contribution in [0.25, 0.3) is 0 Å². The molecule has 37 heavy (non-hydrogen) atoms. The molecule has 3 aliphatic heterocycles. The van der Waals surface area contributed by atoms with Crippen molar-refractivity contribution in [2.24, 2.45) is 0 Å². The molecule has 3 aromatic rings. The third-order valence-corrected chi connectivity index (χ3v) is 7.97. The number of fused-ring (bicyclic) bond motifs is 4. The van der Waals surface area contributed by atoms with Gasteiger partial charge in [0.25, 0.3) is 11.9 Å². The van der Waals surface area contributed by atoms with Crippen molar-refractivity contribution < 1.29 is 23.6 Å². The molecule has 0 saturated carbocycles. The number of hydrogen-bond donors (Lipinski definition) is 1. The van der Waals surface area contributed by atoms with Crippen molar-refractivity contribution >= 4 is 11.6 Å². The maximum atomic E-state index is 13.6. The number of carbonyl (C=O) groups excluding carboxylic acids is 1. The van der Waals surface area contributed by atoms with Gasteiger partial charge < -0.3 is 14.8 Å². The highest BCUT2D eigenvalue weighted by Gasteiger charge is 2.73. The quantitative estimate of drug-likeness (QED) is 0.394. The van der Waals surface area contributed by atoms with Crippen molar-refractivity contribution in [3.05, 3.63) is 99.4 Å². The van der Waals surface area contributed by atoms with Crippen LogP contribution in [0.15, 0.2) is 66.7 Å². The van der Waals surface area contributed by atoms with Crippen LogP contribution in [-0.4, -0.2) is 41.5 Å². The molecule has 6 rings (SSSR count). The van der Waals surface area contributed by atoms with Crippen LogP contribution < -0.4 is 14.8 Å². The van der Waals surface area contributed by atoms with Crippen molar-refractivity contribution in [3.8, 4) is 11.5 Å². The predicted octanol–water partition coefficient (Wildman–Crippen LogP) is 4.47. The van der Waals surface area contributed by atoms with E-state index in [0.717, 1.165) is 24.0 Å². The molecule has 3 heterocycles. The lowest BCUT2D eigenvalue weighted by Crippen LogP contribution is -2.55. The van der Waals surface area contributed by atoms with Gasteiger partial charge in [0.2, 0.25) is 0 Å². The number of anilines is 1. The van der Waals surface area contributed by atoms with E-state index in [1.165, 1.54) is 19.2 Å². The summed E-state index contributed by atoms with van der Waals surface area (Å²) in [5.41, 5.74) is 1.47. The van der Waals surface area contributed by atoms with Gasteiger partial charge in [-0.3, -0.25) is 19.8 Å². The zero-order chi connectivity index (χ0) is 25.7. The number of hydrogen-bond acceptors (Lipinski definition) is 6. The minimum absolute atomic E-state index is 0.164. The van der Waals surface area contributed by atoms with Gasteiger partial charge in [-0.05, 0) is 54.3 Å². The largest absolute Gasteiger partial charge is 0.493 e. The summed E-state index contributed by atoms with van der Waals surface area (Å²) in [5, 5.41) is 15.7. The van der Waals surface area contributed by atoms with E-state index in [4.69, 9.17) is 9.47 Å². The first-order valence-corrected chi connectivity index (χ1v) is 12.3. The number of nitrogens with one attached hydrogen (secondary N) is 1. The molecule has 8 nitrogen and oxygen atoms in total. The molecule has 0 radical (unpaired) electrons. The number of nitro groups is 1. The van der Waals surface area contributed by atoms with E-state index in [1.807, 2.05) is 24.3 Å². The Morgan fingerprint density at radius 1 is 1.14 bits per heavy atom. The number of para-hydroxylation sites is 1. The monoisotopic (exact) mass is 503 g/mol. The lowest BCUT2D eigenvalue weighted by atomic mass is 9.77. The molecule has 2 saturated heterocycles. The minimum Gasteiger partial charge on any atom is -0.493 e. The minimum atomic E-state index is -1.36. The van der Waals surface area contributed by atoms with E-state index in [0.29, 0.717) is 29.3 Å². The van der Waals surface area contributed by atoms with Crippen molar-refractivity contribution in [2.45, 2.75) is 43.0 Å². The van der Waals surface area contributed by atoms with Gasteiger partial charge in [0.15, 0.2) is 17.0 Å². The fourth-order valence-corrected chi connectivity index (χ4v) is 6.53. The molecule has 1 amide bonds. The fraction of sp³-hybridized carbons (Fsp3) is 0.321. The molecule has 0 aromatic heterocycles. The van der Waals surface area contributed by atoms with E-state index in [9.17, 15) is 19.3 Å². The maximum Gasteiger partial charge on any atom is 0.256 e. The maximum absolute atomic E-state index is 13.6. The van der Waals surface area contributed by atoms with E-state index >= 15 is 0 Å². The highest BCUT2D eigenvalue weighted by atomic mass is 19.1. The second-order valence-electron chi connectivity index (χ2n) is 9.75. The third kappa shape index (κ3) is 3.48. The number of halogens is 1. The van der Waals surface area contributed by atoms with Crippen LogP contribution in [0, 0.1) is 15.9 Å². The lowest BCUT2D eigenvalue weighted by molar-refractivity contribution is -0.534. The molecule has 190 valence electrons. The molecule has 3 aromatic carbocycles. The highest BCUT2D eigenvalue weighted by Crippen LogP contribution is 2.58. The molecule has 2 fully saturated rings. The Morgan fingerprint density at radius 2 is 1.92 bits per heavy atom. The smallest absolute Gasteiger partial charge is 0.256 e. The number of benzene rings is 3. The Hall–Kier alpha value is -3.98. The molecular formula is C28H26FN3O5. The van der Waals surface area contributed by atoms with Gasteiger partial charge in [-0.15, -0.1) is 0 Å². The molecule has 3 aliphatic rings. The first-order chi connectivity index (χ1) is 17.9. The summed E-state index contributed by atoms with van der Waals surface area (Å²) in [7, 11) is 1.52. The summed E-state index contributed by atoms with van der Waals surface area (Å²) in [4.78, 5) is 28.1. The van der Waals surface area contributed by atoms with Gasteiger partial charge >= 0.3 is 0 Å². The molecule has 1 spiro atoms. The van der Waals surface area contributed by atoms with Crippen LogP contribution in [0.2, 0.25) is 0 Å². The van der Waals surface area contributed by atoms with Crippen molar-refractivity contribution in [3.63, 3.8) is 0 Å². The van der Waals surface area contributed by atoms with Gasteiger partial charge in [0.05, 0.1) is 13.0 Å². The van der Waals surface area contributed by atoms with E-state index < -0.39 is 17.5 Å². The first-order valence-electron chi connectivity index (χ1n) is 12.3. The third-order valence-electron chi connectivity index (χ3n) is 7.97. The van der Waals surface area contributed by atoms with Crippen LogP contribution in [0.5, 0.6) is 11.5 Å². The molecule has 0 aliphatic carbocycles. The standard InChI is InChI=1S/C28H26FN3O5/c1-36-24-15-18(10-13-23(24)37-16-17-8-11-19(29)12-9-17)25-22-7-4-14-31(22)28(26(25)32(34)35)20-5-2-3-6-21(20)30-27(28)33/h2-3,5-6,8-13,15,22,25-26H,4,7,14,16H2,1H3,(H,30,33)/t22-,25+,26-,28-/m0/s1. The van der Waals surface area contributed by atoms with E-state index in [2.05, 4.69) is 10.2 Å². The second-order valence-corrected chi connectivity index (χ2v) is 9.75. The van der Waals surface area contributed by atoms with Gasteiger partial charge in [-0.2, -0.15) is 0 Å². The van der Waals surface area contributed by atoms with Crippen LogP contribution in [0.4, 0.5) is 10.1 Å². The van der Waals surface area contributed by atoms with Gasteiger partial charge in [0, 0.05) is 28.8 Å². The van der Waals surface area contributed by atoms with Crippen molar-refractivity contribution in [1.82, 2.24) is 4.90 Å². The van der Waals surface area contributed by atoms with Gasteiger partial charge in [-0.1, -0.05) is 36.4 Å². The zero-order valence-corrected chi connectivity index (χ0v) is 20.2. The number of ether oxygens (including phenoxy) is 2. The SMILES string of the molecule is COc1cc([C@H]2[C@H]([N+](=O)[O-])[C@@]3(C(=O)Nc4ccccc43)N3CCC[C@@H]23)ccc1OCc1ccc(F)cc1. The van der Waals surface area contributed by atoms with Crippen LogP contribution in [-0.2, 0) is 16.9 Å². The van der Waals surface area contributed by atoms with E-state index in [1.54, 1.807) is 30.3 Å². The average molecular weight is 504 g/mol. The summed E-state index contributed by atoms with van der Waals surface area (Å²) in [5.74, 6) is -0.248. The van der Waals surface area contributed by atoms with Crippen molar-refractivity contribution in [1.29, 1.82) is 0 Å². The Kier molecular flexibility index (Phi) is 5.60. The highest BCUT2D eigenvalue weighted by molar-refractivity contribution is 6.07. The Bertz CT molecular complexity index is 1380. The molecule has 1 N–H and O–H groups in total. The lowest BCUT2D eigenvalue weighted by Gasteiger charge is -2.32. The number of methoxy groups -OCH3 is 1.